The van der Waals surface area contributed by atoms with Crippen LogP contribution in [0, 0.1) is 11.6 Å². The highest BCUT2D eigenvalue weighted by atomic mass is 19.4. The van der Waals surface area contributed by atoms with Gasteiger partial charge in [-0.3, -0.25) is 0 Å². The fourth-order valence-corrected chi connectivity index (χ4v) is 1.67. The summed E-state index contributed by atoms with van der Waals surface area (Å²) < 4.78 is 69.6. The molecule has 0 aliphatic carbocycles. The van der Waals surface area contributed by atoms with Crippen molar-refractivity contribution in [2.24, 2.45) is 7.05 Å². The number of carboxylic acid groups (broad SMARTS) is 1. The molecule has 0 amide bonds. The zero-order chi connectivity index (χ0) is 16.7. The molecule has 0 aliphatic heterocycles. The van der Waals surface area contributed by atoms with Crippen LogP contribution in [0.15, 0.2) is 18.2 Å². The molecule has 1 N–H and O–H groups in total. The molecule has 2 rings (SSSR count). The molecule has 22 heavy (non-hydrogen) atoms. The molecular weight excluding hydrogens is 315 g/mol. The molecule has 10 heteroatoms. The predicted molar refractivity (Wildman–Crippen MR) is 61.6 cm³/mol. The van der Waals surface area contributed by atoms with E-state index in [0.29, 0.717) is 16.8 Å². The second-order valence-electron chi connectivity index (χ2n) is 4.13. The quantitative estimate of drug-likeness (QED) is 0.881. The maximum absolute atomic E-state index is 13.1. The van der Waals surface area contributed by atoms with E-state index >= 15 is 0 Å². The Morgan fingerprint density at radius 2 is 1.91 bits per heavy atom. The fraction of sp³-hybridized carbons (Fsp3) is 0.167. The molecule has 0 bridgehead atoms. The molecule has 5 nitrogen and oxygen atoms in total. The Labute approximate surface area is 119 Å². The smallest absolute Gasteiger partial charge is 0.436 e. The van der Waals surface area contributed by atoms with Crippen LogP contribution in [0.2, 0.25) is 0 Å². The molecule has 2 aromatic rings. The Morgan fingerprint density at radius 1 is 1.27 bits per heavy atom. The van der Waals surface area contributed by atoms with E-state index in [9.17, 15) is 26.7 Å². The first kappa shape index (κ1) is 15.7. The van der Waals surface area contributed by atoms with E-state index in [0.717, 1.165) is 13.1 Å². The molecule has 0 saturated heterocycles. The number of benzene rings is 1. The Morgan fingerprint density at radius 3 is 2.41 bits per heavy atom. The molecule has 0 aliphatic rings. The van der Waals surface area contributed by atoms with Crippen molar-refractivity contribution in [3.8, 4) is 11.6 Å². The van der Waals surface area contributed by atoms with Crippen LogP contribution in [0.3, 0.4) is 0 Å². The van der Waals surface area contributed by atoms with Crippen molar-refractivity contribution < 1.29 is 36.6 Å². The third-order valence-electron chi connectivity index (χ3n) is 2.58. The zero-order valence-corrected chi connectivity index (χ0v) is 10.8. The molecule has 0 atom stereocenters. The predicted octanol–water partition coefficient (Wildman–Crippen LogP) is 3.21. The van der Waals surface area contributed by atoms with E-state index in [2.05, 4.69) is 5.10 Å². The largest absolute Gasteiger partial charge is 0.477 e. The molecule has 0 radical (unpaired) electrons. The zero-order valence-electron chi connectivity index (χ0n) is 10.8. The van der Waals surface area contributed by atoms with Crippen LogP contribution in [0.4, 0.5) is 22.0 Å². The van der Waals surface area contributed by atoms with Crippen LogP contribution < -0.4 is 4.74 Å². The Hall–Kier alpha value is -2.65. The molecule has 1 aromatic heterocycles. The van der Waals surface area contributed by atoms with Crippen molar-refractivity contribution in [2.75, 3.05) is 0 Å². The number of aromatic nitrogens is 2. The first-order chi connectivity index (χ1) is 10.1. The van der Waals surface area contributed by atoms with E-state index in [-0.39, 0.29) is 5.75 Å². The number of alkyl halides is 3. The van der Waals surface area contributed by atoms with E-state index in [1.807, 2.05) is 0 Å². The highest BCUT2D eigenvalue weighted by Gasteiger charge is 2.42. The molecule has 1 heterocycles. The molecule has 118 valence electrons. The van der Waals surface area contributed by atoms with Gasteiger partial charge in [-0.15, -0.1) is 0 Å². The van der Waals surface area contributed by atoms with Crippen molar-refractivity contribution in [3.05, 3.63) is 41.1 Å². The minimum Gasteiger partial charge on any atom is -0.477 e. The van der Waals surface area contributed by atoms with Gasteiger partial charge in [-0.25, -0.2) is 18.3 Å². The van der Waals surface area contributed by atoms with Gasteiger partial charge >= 0.3 is 12.1 Å². The summed E-state index contributed by atoms with van der Waals surface area (Å²) in [6.45, 7) is 0. The van der Waals surface area contributed by atoms with Gasteiger partial charge in [-0.1, -0.05) is 0 Å². The summed E-state index contributed by atoms with van der Waals surface area (Å²) in [6.07, 6.45) is -5.01. The Balaban J connectivity index is 2.53. The topological polar surface area (TPSA) is 64.4 Å². The number of rotatable bonds is 3. The van der Waals surface area contributed by atoms with Crippen molar-refractivity contribution >= 4 is 5.97 Å². The Bertz CT molecular complexity index is 739. The number of aromatic carboxylic acids is 1. The van der Waals surface area contributed by atoms with Crippen LogP contribution in [0.5, 0.6) is 11.6 Å². The highest BCUT2D eigenvalue weighted by Crippen LogP contribution is 2.37. The number of hydrogen-bond acceptors (Lipinski definition) is 3. The van der Waals surface area contributed by atoms with Crippen molar-refractivity contribution in [1.82, 2.24) is 9.78 Å². The first-order valence-electron chi connectivity index (χ1n) is 5.61. The van der Waals surface area contributed by atoms with Gasteiger partial charge in [-0.05, 0) is 12.1 Å². The van der Waals surface area contributed by atoms with Crippen molar-refractivity contribution in [2.45, 2.75) is 6.18 Å². The summed E-state index contributed by atoms with van der Waals surface area (Å²) in [5.41, 5.74) is -2.88. The van der Waals surface area contributed by atoms with Gasteiger partial charge in [0.25, 0.3) is 0 Å². The lowest BCUT2D eigenvalue weighted by molar-refractivity contribution is -0.141. The molecule has 0 unspecified atom stereocenters. The highest BCUT2D eigenvalue weighted by molar-refractivity contribution is 5.92. The third kappa shape index (κ3) is 2.85. The van der Waals surface area contributed by atoms with Gasteiger partial charge in [0.1, 0.15) is 5.75 Å². The van der Waals surface area contributed by atoms with Crippen LogP contribution in [-0.2, 0) is 13.2 Å². The maximum atomic E-state index is 13.1. The Kier molecular flexibility index (Phi) is 3.77. The van der Waals surface area contributed by atoms with Gasteiger partial charge in [0.05, 0.1) is 0 Å². The number of nitrogens with zero attached hydrogens (tertiary/aromatic N) is 2. The van der Waals surface area contributed by atoms with E-state index in [1.165, 1.54) is 0 Å². The average molecular weight is 322 g/mol. The standard InChI is InChI=1S/C12H7F5N2O3/c1-19-10(22-5-2-3-6(13)7(14)4-5)8(11(20)21)9(18-19)12(15,16)17/h2-4H,1H3,(H,20,21). The normalized spacial score (nSPS) is 11.5. The monoisotopic (exact) mass is 322 g/mol. The summed E-state index contributed by atoms with van der Waals surface area (Å²) >= 11 is 0. The number of ether oxygens (including phenoxy) is 1. The molecule has 0 spiro atoms. The molecule has 0 saturated carbocycles. The second-order valence-corrected chi connectivity index (χ2v) is 4.13. The molecule has 0 fully saturated rings. The minimum absolute atomic E-state index is 0.377. The second kappa shape index (κ2) is 5.28. The SMILES string of the molecule is Cn1nc(C(F)(F)F)c(C(=O)O)c1Oc1ccc(F)c(F)c1. The molecule has 1 aromatic carbocycles. The van der Waals surface area contributed by atoms with Gasteiger partial charge in [0.15, 0.2) is 22.9 Å². The van der Waals surface area contributed by atoms with Crippen molar-refractivity contribution in [3.63, 3.8) is 0 Å². The maximum Gasteiger partial charge on any atom is 0.436 e. The summed E-state index contributed by atoms with van der Waals surface area (Å²) in [5, 5.41) is 12.0. The average Bonchev–Trinajstić information content (AvgIpc) is 2.71. The fourth-order valence-electron chi connectivity index (χ4n) is 1.67. The number of halogens is 5. The van der Waals surface area contributed by atoms with Gasteiger partial charge in [0, 0.05) is 13.1 Å². The first-order valence-corrected chi connectivity index (χ1v) is 5.61. The third-order valence-corrected chi connectivity index (χ3v) is 2.58. The van der Waals surface area contributed by atoms with Gasteiger partial charge in [0.2, 0.25) is 5.88 Å². The summed E-state index contributed by atoms with van der Waals surface area (Å²) in [7, 11) is 1.02. The minimum atomic E-state index is -5.01. The van der Waals surface area contributed by atoms with Crippen LogP contribution in [0.25, 0.3) is 0 Å². The molecular formula is C12H7F5N2O3. The number of hydrogen-bond donors (Lipinski definition) is 1. The summed E-state index contributed by atoms with van der Waals surface area (Å²) in [6, 6.07) is 2.19. The van der Waals surface area contributed by atoms with Gasteiger partial charge in [-0.2, -0.15) is 18.3 Å². The van der Waals surface area contributed by atoms with Gasteiger partial charge < -0.3 is 9.84 Å². The van der Waals surface area contributed by atoms with E-state index in [1.54, 1.807) is 0 Å². The number of carboxylic acids is 1. The van der Waals surface area contributed by atoms with E-state index in [4.69, 9.17) is 9.84 Å². The van der Waals surface area contributed by atoms with Crippen LogP contribution in [0.1, 0.15) is 16.1 Å². The summed E-state index contributed by atoms with van der Waals surface area (Å²) in [4.78, 5) is 11.0. The van der Waals surface area contributed by atoms with Crippen LogP contribution in [-0.4, -0.2) is 20.9 Å². The lowest BCUT2D eigenvalue weighted by Gasteiger charge is -2.07. The summed E-state index contributed by atoms with van der Waals surface area (Å²) in [5.74, 6) is -5.54. The van der Waals surface area contributed by atoms with E-state index < -0.39 is 40.9 Å². The van der Waals surface area contributed by atoms with Crippen molar-refractivity contribution in [1.29, 1.82) is 0 Å². The lowest BCUT2D eigenvalue weighted by atomic mass is 10.2. The van der Waals surface area contributed by atoms with Crippen LogP contribution >= 0.6 is 0 Å². The lowest BCUT2D eigenvalue weighted by Crippen LogP contribution is -2.12. The number of aryl methyl sites for hydroxylation is 1. The number of carbonyl (C=O) groups is 1.